The lowest BCUT2D eigenvalue weighted by Crippen LogP contribution is -2.44. The van der Waals surface area contributed by atoms with Crippen molar-refractivity contribution in [3.05, 3.63) is 65.2 Å². The van der Waals surface area contributed by atoms with Crippen molar-refractivity contribution in [2.75, 3.05) is 18.0 Å². The SMILES string of the molecule is O=C1[C@H]2[C@H](C(=O)N1c1cccc(Cl)c1)N1CCCN1[C@H]2c1ccccc1. The molecule has 2 amide bonds. The summed E-state index contributed by atoms with van der Waals surface area (Å²) in [6.07, 6.45) is 1.01. The first-order chi connectivity index (χ1) is 12.7. The second-order valence-corrected chi connectivity index (χ2v) is 7.43. The number of hydrazine groups is 1. The van der Waals surface area contributed by atoms with Gasteiger partial charge in [0, 0.05) is 18.1 Å². The van der Waals surface area contributed by atoms with Crippen LogP contribution in [0.2, 0.25) is 5.02 Å². The molecule has 2 aromatic rings. The van der Waals surface area contributed by atoms with Crippen LogP contribution in [0.5, 0.6) is 0 Å². The molecule has 0 unspecified atom stereocenters. The zero-order valence-electron chi connectivity index (χ0n) is 14.1. The molecule has 132 valence electrons. The number of imide groups is 1. The Morgan fingerprint density at radius 1 is 0.846 bits per heavy atom. The van der Waals surface area contributed by atoms with Crippen molar-refractivity contribution in [3.8, 4) is 0 Å². The van der Waals surface area contributed by atoms with Crippen LogP contribution in [-0.4, -0.2) is 41.0 Å². The summed E-state index contributed by atoms with van der Waals surface area (Å²) in [6.45, 7) is 1.69. The normalized spacial score (nSPS) is 28.7. The molecule has 0 saturated carbocycles. The summed E-state index contributed by atoms with van der Waals surface area (Å²) in [5.74, 6) is -0.665. The average molecular weight is 368 g/mol. The first-order valence-electron chi connectivity index (χ1n) is 8.88. The maximum absolute atomic E-state index is 13.3. The number of carbonyl (C=O) groups excluding carboxylic acids is 2. The van der Waals surface area contributed by atoms with E-state index in [4.69, 9.17) is 11.6 Å². The van der Waals surface area contributed by atoms with E-state index < -0.39 is 6.04 Å². The minimum absolute atomic E-state index is 0.0932. The Morgan fingerprint density at radius 3 is 2.31 bits per heavy atom. The molecule has 0 N–H and O–H groups in total. The molecule has 0 aromatic heterocycles. The Kier molecular flexibility index (Phi) is 3.64. The Labute approximate surface area is 156 Å². The monoisotopic (exact) mass is 367 g/mol. The van der Waals surface area contributed by atoms with Gasteiger partial charge in [-0.05, 0) is 30.2 Å². The van der Waals surface area contributed by atoms with Gasteiger partial charge in [0.05, 0.1) is 17.6 Å². The topological polar surface area (TPSA) is 43.9 Å². The van der Waals surface area contributed by atoms with Gasteiger partial charge in [0.1, 0.15) is 6.04 Å². The van der Waals surface area contributed by atoms with E-state index >= 15 is 0 Å². The molecule has 3 heterocycles. The third-order valence-corrected chi connectivity index (χ3v) is 5.85. The van der Waals surface area contributed by atoms with Gasteiger partial charge in [-0.3, -0.25) is 9.59 Å². The van der Waals surface area contributed by atoms with Gasteiger partial charge in [-0.1, -0.05) is 48.0 Å². The van der Waals surface area contributed by atoms with Crippen LogP contribution in [0.3, 0.4) is 0 Å². The van der Waals surface area contributed by atoms with Gasteiger partial charge in [0.15, 0.2) is 0 Å². The van der Waals surface area contributed by atoms with Gasteiger partial charge in [-0.2, -0.15) is 0 Å². The van der Waals surface area contributed by atoms with Crippen LogP contribution >= 0.6 is 11.6 Å². The maximum Gasteiger partial charge on any atom is 0.253 e. The molecular formula is C20H18ClN3O2. The van der Waals surface area contributed by atoms with E-state index in [1.807, 2.05) is 30.3 Å². The third kappa shape index (κ3) is 2.18. The second-order valence-electron chi connectivity index (χ2n) is 7.00. The van der Waals surface area contributed by atoms with E-state index in [1.165, 1.54) is 4.90 Å². The van der Waals surface area contributed by atoms with Crippen molar-refractivity contribution >= 4 is 29.1 Å². The number of halogens is 1. The summed E-state index contributed by atoms with van der Waals surface area (Å²) in [6, 6.07) is 16.5. The zero-order valence-corrected chi connectivity index (χ0v) is 14.8. The average Bonchev–Trinajstić information content (AvgIpc) is 3.28. The molecule has 0 spiro atoms. The predicted octanol–water partition coefficient (Wildman–Crippen LogP) is 2.88. The van der Waals surface area contributed by atoms with E-state index in [1.54, 1.807) is 24.3 Å². The molecule has 3 saturated heterocycles. The number of amides is 2. The summed E-state index contributed by atoms with van der Waals surface area (Å²) in [5.41, 5.74) is 1.64. The zero-order chi connectivity index (χ0) is 17.8. The first kappa shape index (κ1) is 16.0. The van der Waals surface area contributed by atoms with E-state index in [9.17, 15) is 9.59 Å². The molecule has 5 nitrogen and oxygen atoms in total. The van der Waals surface area contributed by atoms with Crippen LogP contribution in [0, 0.1) is 5.92 Å². The van der Waals surface area contributed by atoms with Crippen LogP contribution in [0.4, 0.5) is 5.69 Å². The first-order valence-corrected chi connectivity index (χ1v) is 9.26. The number of benzene rings is 2. The number of fused-ring (bicyclic) bond motifs is 3. The summed E-state index contributed by atoms with van der Waals surface area (Å²) in [7, 11) is 0. The highest BCUT2D eigenvalue weighted by atomic mass is 35.5. The van der Waals surface area contributed by atoms with Gasteiger partial charge in [-0.15, -0.1) is 0 Å². The molecule has 0 bridgehead atoms. The van der Waals surface area contributed by atoms with E-state index in [0.717, 1.165) is 25.1 Å². The van der Waals surface area contributed by atoms with Crippen molar-refractivity contribution < 1.29 is 9.59 Å². The highest BCUT2D eigenvalue weighted by Gasteiger charge is 2.62. The van der Waals surface area contributed by atoms with E-state index in [-0.39, 0.29) is 23.8 Å². The quantitative estimate of drug-likeness (QED) is 0.766. The Hall–Kier alpha value is -2.21. The molecule has 3 aliphatic rings. The fourth-order valence-electron chi connectivity index (χ4n) is 4.63. The number of carbonyl (C=O) groups is 2. The number of anilines is 1. The van der Waals surface area contributed by atoms with Gasteiger partial charge in [0.25, 0.3) is 5.91 Å². The molecule has 3 fully saturated rings. The van der Waals surface area contributed by atoms with Gasteiger partial charge in [0.2, 0.25) is 5.91 Å². The second kappa shape index (κ2) is 5.91. The number of rotatable bonds is 2. The smallest absolute Gasteiger partial charge is 0.253 e. The van der Waals surface area contributed by atoms with Gasteiger partial charge < -0.3 is 0 Å². The number of hydrogen-bond donors (Lipinski definition) is 0. The molecule has 0 radical (unpaired) electrons. The highest BCUT2D eigenvalue weighted by Crippen LogP contribution is 2.48. The molecule has 3 aliphatic heterocycles. The van der Waals surface area contributed by atoms with Crippen LogP contribution < -0.4 is 4.90 Å². The van der Waals surface area contributed by atoms with Crippen LogP contribution in [-0.2, 0) is 9.59 Å². The number of nitrogens with zero attached hydrogens (tertiary/aromatic N) is 3. The maximum atomic E-state index is 13.3. The van der Waals surface area contributed by atoms with Crippen molar-refractivity contribution in [1.29, 1.82) is 0 Å². The summed E-state index contributed by atoms with van der Waals surface area (Å²) in [5, 5.41) is 4.84. The van der Waals surface area contributed by atoms with Crippen molar-refractivity contribution in [2.45, 2.75) is 18.5 Å². The lowest BCUT2D eigenvalue weighted by molar-refractivity contribution is -0.126. The molecule has 26 heavy (non-hydrogen) atoms. The standard InChI is InChI=1S/C20H18ClN3O2/c21-14-8-4-9-15(12-14)24-19(25)16-17(13-6-2-1-3-7-13)22-10-5-11-23(22)18(16)20(24)26/h1-4,6-9,12,16-18H,5,10-11H2/t16-,17+,18-/m1/s1. The molecule has 6 heteroatoms. The fourth-order valence-corrected chi connectivity index (χ4v) is 4.82. The third-order valence-electron chi connectivity index (χ3n) is 5.61. The Bertz CT molecular complexity index is 888. The van der Waals surface area contributed by atoms with Crippen molar-refractivity contribution in [2.24, 2.45) is 5.92 Å². The largest absolute Gasteiger partial charge is 0.274 e. The molecule has 2 aromatic carbocycles. The summed E-state index contributed by atoms with van der Waals surface area (Å²) < 4.78 is 0. The minimum Gasteiger partial charge on any atom is -0.274 e. The minimum atomic E-state index is -0.422. The van der Waals surface area contributed by atoms with Crippen molar-refractivity contribution in [3.63, 3.8) is 0 Å². The molecular weight excluding hydrogens is 350 g/mol. The Balaban J connectivity index is 1.60. The number of hydrogen-bond acceptors (Lipinski definition) is 4. The Morgan fingerprint density at radius 2 is 1.58 bits per heavy atom. The predicted molar refractivity (Wildman–Crippen MR) is 98.4 cm³/mol. The summed E-state index contributed by atoms with van der Waals surface area (Å²) >= 11 is 6.09. The van der Waals surface area contributed by atoms with Crippen LogP contribution in [0.1, 0.15) is 18.0 Å². The van der Waals surface area contributed by atoms with Crippen LogP contribution in [0.15, 0.2) is 54.6 Å². The molecule has 5 rings (SSSR count). The van der Waals surface area contributed by atoms with Crippen molar-refractivity contribution in [1.82, 2.24) is 10.0 Å². The molecule has 3 atom stereocenters. The van der Waals surface area contributed by atoms with Gasteiger partial charge >= 0.3 is 0 Å². The van der Waals surface area contributed by atoms with Crippen LogP contribution in [0.25, 0.3) is 0 Å². The summed E-state index contributed by atoms with van der Waals surface area (Å²) in [4.78, 5) is 27.9. The van der Waals surface area contributed by atoms with Gasteiger partial charge in [-0.25, -0.2) is 14.9 Å². The highest BCUT2D eigenvalue weighted by molar-refractivity contribution is 6.31. The molecule has 0 aliphatic carbocycles. The van der Waals surface area contributed by atoms with E-state index in [2.05, 4.69) is 10.0 Å². The fraction of sp³-hybridized carbons (Fsp3) is 0.300. The lowest BCUT2D eigenvalue weighted by Gasteiger charge is -2.29. The lowest BCUT2D eigenvalue weighted by atomic mass is 9.90. The van der Waals surface area contributed by atoms with E-state index in [0.29, 0.717) is 10.7 Å².